The third-order valence-corrected chi connectivity index (χ3v) is 4.93. The quantitative estimate of drug-likeness (QED) is 0.769. The fraction of sp³-hybridized carbons (Fsp3) is 0.381. The highest BCUT2D eigenvalue weighted by atomic mass is 16.6. The fourth-order valence-electron chi connectivity index (χ4n) is 3.91. The maximum atomic E-state index is 13.7. The van der Waals surface area contributed by atoms with Crippen LogP contribution in [0.1, 0.15) is 33.3 Å². The first-order chi connectivity index (χ1) is 13.7. The molecule has 8 heteroatoms. The zero-order valence-electron chi connectivity index (χ0n) is 17.1. The number of anilines is 1. The Bertz CT molecular complexity index is 962. The van der Waals surface area contributed by atoms with Crippen LogP contribution in [0.3, 0.4) is 0 Å². The van der Waals surface area contributed by atoms with Crippen molar-refractivity contribution in [2.75, 3.05) is 18.6 Å². The minimum Gasteiger partial charge on any atom is -0.462 e. The van der Waals surface area contributed by atoms with Gasteiger partial charge in [0.1, 0.15) is 22.3 Å². The number of benzene rings is 1. The molecule has 154 valence electrons. The van der Waals surface area contributed by atoms with Crippen LogP contribution in [0, 0.1) is 0 Å². The van der Waals surface area contributed by atoms with Crippen LogP contribution in [0.15, 0.2) is 47.1 Å². The summed E-state index contributed by atoms with van der Waals surface area (Å²) in [5.41, 5.74) is 4.97. The summed E-state index contributed by atoms with van der Waals surface area (Å²) in [7, 11) is 1.57. The molecule has 0 saturated carbocycles. The largest absolute Gasteiger partial charge is 0.462 e. The zero-order valence-corrected chi connectivity index (χ0v) is 17.1. The topological polar surface area (TPSA) is 108 Å². The van der Waals surface area contributed by atoms with Gasteiger partial charge >= 0.3 is 11.9 Å². The van der Waals surface area contributed by atoms with E-state index in [0.29, 0.717) is 11.3 Å². The highest BCUT2D eigenvalue weighted by Crippen LogP contribution is 2.54. The van der Waals surface area contributed by atoms with Crippen molar-refractivity contribution in [2.45, 2.75) is 39.2 Å². The summed E-state index contributed by atoms with van der Waals surface area (Å²) in [6.07, 6.45) is -0.446. The standard InChI is InChI=1S/C21H24N2O6/c1-6-27-18(24)16-17(22)29-12(4)15(19(25)28-11(2)3)21(16)13-9-7-8-10-14(13)23(5)20(21)26/h7-11H,6,22H2,1-5H3/t21-/m0/s1. The van der Waals surface area contributed by atoms with Crippen LogP contribution >= 0.6 is 0 Å². The molecule has 1 spiro atoms. The summed E-state index contributed by atoms with van der Waals surface area (Å²) in [5.74, 6) is -2.28. The number of nitrogens with zero attached hydrogens (tertiary/aromatic N) is 1. The van der Waals surface area contributed by atoms with E-state index in [1.165, 1.54) is 11.8 Å². The Morgan fingerprint density at radius 2 is 1.86 bits per heavy atom. The van der Waals surface area contributed by atoms with E-state index in [4.69, 9.17) is 19.9 Å². The van der Waals surface area contributed by atoms with Crippen LogP contribution in [0.2, 0.25) is 0 Å². The van der Waals surface area contributed by atoms with Gasteiger partial charge in [0.2, 0.25) is 11.8 Å². The summed E-state index contributed by atoms with van der Waals surface area (Å²) in [6, 6.07) is 6.91. The smallest absolute Gasteiger partial charge is 0.341 e. The van der Waals surface area contributed by atoms with E-state index in [1.807, 2.05) is 0 Å². The van der Waals surface area contributed by atoms with Crippen LogP contribution in [0.4, 0.5) is 5.69 Å². The normalized spacial score (nSPS) is 20.9. The number of esters is 2. The first-order valence-electron chi connectivity index (χ1n) is 9.33. The molecule has 1 amide bonds. The summed E-state index contributed by atoms with van der Waals surface area (Å²) in [5, 5.41) is 0. The van der Waals surface area contributed by atoms with Crippen LogP contribution in [-0.4, -0.2) is 37.6 Å². The maximum absolute atomic E-state index is 13.7. The molecule has 3 rings (SSSR count). The first-order valence-corrected chi connectivity index (χ1v) is 9.33. The second-order valence-corrected chi connectivity index (χ2v) is 7.08. The van der Waals surface area contributed by atoms with Gasteiger partial charge in [-0.15, -0.1) is 0 Å². The Morgan fingerprint density at radius 3 is 2.48 bits per heavy atom. The van der Waals surface area contributed by atoms with Gasteiger partial charge in [-0.05, 0) is 33.8 Å². The molecule has 0 aromatic heterocycles. The van der Waals surface area contributed by atoms with Gasteiger partial charge in [-0.1, -0.05) is 18.2 Å². The second kappa shape index (κ2) is 7.27. The molecule has 1 atom stereocenters. The Balaban J connectivity index is 2.39. The summed E-state index contributed by atoms with van der Waals surface area (Å²) < 4.78 is 16.1. The lowest BCUT2D eigenvalue weighted by Gasteiger charge is -2.36. The minimum atomic E-state index is -1.81. The molecule has 8 nitrogen and oxygen atoms in total. The van der Waals surface area contributed by atoms with Crippen LogP contribution in [0.5, 0.6) is 0 Å². The predicted molar refractivity (Wildman–Crippen MR) is 104 cm³/mol. The van der Waals surface area contributed by atoms with Crippen molar-refractivity contribution in [3.8, 4) is 0 Å². The molecule has 0 saturated heterocycles. The molecule has 0 fully saturated rings. The molecular formula is C21H24N2O6. The first kappa shape index (κ1) is 20.4. The molecule has 0 radical (unpaired) electrons. The van der Waals surface area contributed by atoms with E-state index < -0.39 is 29.4 Å². The fourth-order valence-corrected chi connectivity index (χ4v) is 3.91. The van der Waals surface area contributed by atoms with Crippen molar-refractivity contribution in [2.24, 2.45) is 5.73 Å². The zero-order chi connectivity index (χ0) is 21.5. The Hall–Kier alpha value is -3.29. The van der Waals surface area contributed by atoms with Gasteiger partial charge in [-0.25, -0.2) is 9.59 Å². The third-order valence-electron chi connectivity index (χ3n) is 4.93. The van der Waals surface area contributed by atoms with Gasteiger partial charge in [0.15, 0.2) is 0 Å². The Kier molecular flexibility index (Phi) is 5.13. The number of hydrogen-bond acceptors (Lipinski definition) is 7. The predicted octanol–water partition coefficient (Wildman–Crippen LogP) is 1.89. The van der Waals surface area contributed by atoms with Crippen molar-refractivity contribution < 1.29 is 28.6 Å². The number of likely N-dealkylation sites (N-methyl/N-ethyl adjacent to an activating group) is 1. The van der Waals surface area contributed by atoms with Gasteiger partial charge in [0.25, 0.3) is 0 Å². The lowest BCUT2D eigenvalue weighted by molar-refractivity contribution is -0.146. The lowest BCUT2D eigenvalue weighted by atomic mass is 9.67. The molecule has 2 aliphatic heterocycles. The van der Waals surface area contributed by atoms with Crippen molar-refractivity contribution >= 4 is 23.5 Å². The molecule has 2 heterocycles. The summed E-state index contributed by atoms with van der Waals surface area (Å²) >= 11 is 0. The maximum Gasteiger partial charge on any atom is 0.341 e. The highest BCUT2D eigenvalue weighted by molar-refractivity contribution is 6.22. The number of rotatable bonds is 4. The number of ether oxygens (including phenoxy) is 3. The number of para-hydroxylation sites is 1. The molecule has 1 aromatic rings. The van der Waals surface area contributed by atoms with Crippen molar-refractivity contribution in [3.63, 3.8) is 0 Å². The SMILES string of the molecule is CCOC(=O)C1=C(N)OC(C)=C(C(=O)OC(C)C)[C@]12C(=O)N(C)c1ccccc12. The summed E-state index contributed by atoms with van der Waals surface area (Å²) in [4.78, 5) is 41.1. The number of hydrogen-bond donors (Lipinski definition) is 1. The van der Waals surface area contributed by atoms with Gasteiger partial charge in [-0.2, -0.15) is 0 Å². The lowest BCUT2D eigenvalue weighted by Crippen LogP contribution is -2.50. The van der Waals surface area contributed by atoms with E-state index in [0.717, 1.165) is 0 Å². The van der Waals surface area contributed by atoms with Crippen molar-refractivity contribution in [1.29, 1.82) is 0 Å². The van der Waals surface area contributed by atoms with Crippen LogP contribution in [-0.2, 0) is 34.0 Å². The molecule has 2 aliphatic rings. The average Bonchev–Trinajstić information content (AvgIpc) is 2.84. The molecular weight excluding hydrogens is 376 g/mol. The molecule has 2 N–H and O–H groups in total. The number of nitrogens with two attached hydrogens (primary N) is 1. The van der Waals surface area contributed by atoms with Gasteiger partial charge in [-0.3, -0.25) is 4.79 Å². The molecule has 0 unspecified atom stereocenters. The van der Waals surface area contributed by atoms with E-state index >= 15 is 0 Å². The average molecular weight is 400 g/mol. The monoisotopic (exact) mass is 400 g/mol. The number of carbonyl (C=O) groups excluding carboxylic acids is 3. The van der Waals surface area contributed by atoms with E-state index in [9.17, 15) is 14.4 Å². The number of fused-ring (bicyclic) bond motifs is 2. The van der Waals surface area contributed by atoms with Crippen molar-refractivity contribution in [3.05, 3.63) is 52.6 Å². The summed E-state index contributed by atoms with van der Waals surface area (Å²) in [6.45, 7) is 6.60. The highest BCUT2D eigenvalue weighted by Gasteiger charge is 2.63. The van der Waals surface area contributed by atoms with Crippen LogP contribution in [0.25, 0.3) is 0 Å². The van der Waals surface area contributed by atoms with E-state index in [2.05, 4.69) is 0 Å². The number of carbonyl (C=O) groups is 3. The van der Waals surface area contributed by atoms with Crippen molar-refractivity contribution in [1.82, 2.24) is 0 Å². The van der Waals surface area contributed by atoms with Crippen LogP contribution < -0.4 is 10.6 Å². The second-order valence-electron chi connectivity index (χ2n) is 7.08. The van der Waals surface area contributed by atoms with Gasteiger partial charge in [0.05, 0.1) is 12.7 Å². The number of amides is 1. The third kappa shape index (κ3) is 2.86. The molecule has 0 bridgehead atoms. The molecule has 1 aromatic carbocycles. The van der Waals surface area contributed by atoms with E-state index in [-0.39, 0.29) is 29.4 Å². The van der Waals surface area contributed by atoms with Gasteiger partial charge in [0, 0.05) is 18.3 Å². The molecule has 29 heavy (non-hydrogen) atoms. The van der Waals surface area contributed by atoms with Gasteiger partial charge < -0.3 is 24.8 Å². The Labute approximate surface area is 168 Å². The number of allylic oxidation sites excluding steroid dienone is 1. The Morgan fingerprint density at radius 1 is 1.21 bits per heavy atom. The minimum absolute atomic E-state index is 0.0613. The van der Waals surface area contributed by atoms with E-state index in [1.54, 1.807) is 52.1 Å². The molecule has 0 aliphatic carbocycles.